The lowest BCUT2D eigenvalue weighted by molar-refractivity contribution is -0.131. The highest BCUT2D eigenvalue weighted by molar-refractivity contribution is 7.10. The number of carbonyl (C=O) groups is 1. The fraction of sp³-hybridized carbons (Fsp3) is 0.611. The zero-order valence-electron chi connectivity index (χ0n) is 15.3. The molecule has 1 fully saturated rings. The highest BCUT2D eigenvalue weighted by atomic mass is 32.1. The van der Waals surface area contributed by atoms with Crippen LogP contribution < -0.4 is 0 Å². The summed E-state index contributed by atoms with van der Waals surface area (Å²) in [5.74, 6) is 1.79. The first-order valence-electron chi connectivity index (χ1n) is 8.80. The number of aromatic nitrogens is 2. The van der Waals surface area contributed by atoms with Gasteiger partial charge in [-0.05, 0) is 31.8 Å². The van der Waals surface area contributed by atoms with Crippen LogP contribution in [0.2, 0.25) is 0 Å². The van der Waals surface area contributed by atoms with Gasteiger partial charge >= 0.3 is 0 Å². The molecule has 25 heavy (non-hydrogen) atoms. The first-order valence-corrected chi connectivity index (χ1v) is 9.68. The summed E-state index contributed by atoms with van der Waals surface area (Å²) in [6.07, 6.45) is 0.980. The molecular formula is C18H26N4O2S. The third kappa shape index (κ3) is 4.10. The van der Waals surface area contributed by atoms with Gasteiger partial charge in [0.25, 0.3) is 0 Å². The fourth-order valence-corrected chi connectivity index (χ4v) is 3.93. The minimum atomic E-state index is -0.0603. The number of rotatable bonds is 6. The van der Waals surface area contributed by atoms with Gasteiger partial charge in [-0.2, -0.15) is 4.98 Å². The Kier molecular flexibility index (Phi) is 5.54. The van der Waals surface area contributed by atoms with E-state index in [0.717, 1.165) is 24.4 Å². The van der Waals surface area contributed by atoms with Gasteiger partial charge in [0.15, 0.2) is 5.82 Å². The molecule has 6 nitrogen and oxygen atoms in total. The second-order valence-electron chi connectivity index (χ2n) is 7.08. The molecule has 1 saturated heterocycles. The van der Waals surface area contributed by atoms with Crippen LogP contribution in [0.4, 0.5) is 0 Å². The van der Waals surface area contributed by atoms with E-state index in [1.807, 2.05) is 43.2 Å². The largest absolute Gasteiger partial charge is 0.341 e. The molecule has 7 heteroatoms. The Bertz CT molecular complexity index is 698. The second-order valence-corrected chi connectivity index (χ2v) is 8.06. The molecule has 136 valence electrons. The first kappa shape index (κ1) is 18.1. The maximum Gasteiger partial charge on any atom is 0.230 e. The molecule has 0 aromatic carbocycles. The van der Waals surface area contributed by atoms with Gasteiger partial charge in [-0.25, -0.2) is 0 Å². The number of hydrogen-bond acceptors (Lipinski definition) is 6. The Morgan fingerprint density at radius 3 is 2.92 bits per heavy atom. The number of hydrogen-bond donors (Lipinski definition) is 0. The van der Waals surface area contributed by atoms with Gasteiger partial charge in [-0.1, -0.05) is 25.1 Å². The van der Waals surface area contributed by atoms with E-state index in [1.54, 1.807) is 11.3 Å². The summed E-state index contributed by atoms with van der Waals surface area (Å²) in [7, 11) is 2.06. The van der Waals surface area contributed by atoms with Crippen LogP contribution in [0.1, 0.15) is 55.6 Å². The van der Waals surface area contributed by atoms with Crippen LogP contribution >= 0.6 is 11.3 Å². The van der Waals surface area contributed by atoms with Gasteiger partial charge in [0.1, 0.15) is 0 Å². The SMILES string of the molecule is CC(C)c1nc(CN(C)C2CCN(C(=O)C(C)c3cccs3)C2)no1. The molecule has 0 spiro atoms. The van der Waals surface area contributed by atoms with Crippen LogP contribution in [0.3, 0.4) is 0 Å². The maximum atomic E-state index is 12.7. The summed E-state index contributed by atoms with van der Waals surface area (Å²) in [6, 6.07) is 4.37. The molecule has 0 N–H and O–H groups in total. The van der Waals surface area contributed by atoms with Crippen LogP contribution in [-0.4, -0.2) is 52.0 Å². The summed E-state index contributed by atoms with van der Waals surface area (Å²) in [5.41, 5.74) is 0. The molecule has 2 aromatic rings. The van der Waals surface area contributed by atoms with E-state index in [1.165, 1.54) is 0 Å². The summed E-state index contributed by atoms with van der Waals surface area (Å²) in [4.78, 5) is 22.5. The van der Waals surface area contributed by atoms with Crippen molar-refractivity contribution in [2.24, 2.45) is 0 Å². The standard InChI is InChI=1S/C18H26N4O2S/c1-12(2)17-19-16(20-24-17)11-21(4)14-7-8-22(10-14)18(23)13(3)15-6-5-9-25-15/h5-6,9,12-14H,7-8,10-11H2,1-4H3. The Morgan fingerprint density at radius 1 is 1.48 bits per heavy atom. The average Bonchev–Trinajstić information content (AvgIpc) is 3.32. The van der Waals surface area contributed by atoms with E-state index in [2.05, 4.69) is 22.1 Å². The van der Waals surface area contributed by atoms with Crippen LogP contribution in [0.5, 0.6) is 0 Å². The van der Waals surface area contributed by atoms with Gasteiger partial charge in [0.2, 0.25) is 11.8 Å². The van der Waals surface area contributed by atoms with E-state index in [-0.39, 0.29) is 17.7 Å². The third-order valence-corrected chi connectivity index (χ3v) is 5.86. The molecule has 1 aliphatic heterocycles. The molecule has 3 rings (SSSR count). The fourth-order valence-electron chi connectivity index (χ4n) is 3.15. The third-order valence-electron chi connectivity index (χ3n) is 4.81. The highest BCUT2D eigenvalue weighted by Gasteiger charge is 2.32. The van der Waals surface area contributed by atoms with Crippen molar-refractivity contribution in [1.82, 2.24) is 19.9 Å². The molecule has 2 unspecified atom stereocenters. The van der Waals surface area contributed by atoms with Crippen LogP contribution in [0, 0.1) is 0 Å². The quantitative estimate of drug-likeness (QED) is 0.790. The lowest BCUT2D eigenvalue weighted by Crippen LogP contribution is -2.37. The summed E-state index contributed by atoms with van der Waals surface area (Å²) >= 11 is 1.65. The first-order chi connectivity index (χ1) is 12.0. The lowest BCUT2D eigenvalue weighted by atomic mass is 10.1. The summed E-state index contributed by atoms with van der Waals surface area (Å²) in [5, 5.41) is 6.08. The molecule has 1 amide bonds. The Labute approximate surface area is 152 Å². The Morgan fingerprint density at radius 2 is 2.28 bits per heavy atom. The molecule has 0 radical (unpaired) electrons. The predicted molar refractivity (Wildman–Crippen MR) is 97.6 cm³/mol. The van der Waals surface area contributed by atoms with Gasteiger partial charge in [0.05, 0.1) is 12.5 Å². The van der Waals surface area contributed by atoms with Crippen molar-refractivity contribution in [3.05, 3.63) is 34.1 Å². The maximum absolute atomic E-state index is 12.7. The van der Waals surface area contributed by atoms with Crippen LogP contribution in [0.15, 0.2) is 22.0 Å². The summed E-state index contributed by atoms with van der Waals surface area (Å²) in [6.45, 7) is 8.29. The lowest BCUT2D eigenvalue weighted by Gasteiger charge is -2.24. The minimum Gasteiger partial charge on any atom is -0.341 e. The minimum absolute atomic E-state index is 0.0603. The van der Waals surface area contributed by atoms with E-state index in [4.69, 9.17) is 4.52 Å². The second kappa shape index (κ2) is 7.66. The number of nitrogens with zero attached hydrogens (tertiary/aromatic N) is 4. The topological polar surface area (TPSA) is 62.5 Å². The number of carbonyl (C=O) groups excluding carboxylic acids is 1. The van der Waals surface area contributed by atoms with Crippen molar-refractivity contribution in [3.8, 4) is 0 Å². The van der Waals surface area contributed by atoms with Crippen LogP contribution in [-0.2, 0) is 11.3 Å². The van der Waals surface area contributed by atoms with E-state index >= 15 is 0 Å². The molecule has 1 aliphatic rings. The van der Waals surface area contributed by atoms with E-state index in [9.17, 15) is 4.79 Å². The molecule has 0 bridgehead atoms. The zero-order valence-corrected chi connectivity index (χ0v) is 16.1. The van der Waals surface area contributed by atoms with Crippen molar-refractivity contribution in [3.63, 3.8) is 0 Å². The van der Waals surface area contributed by atoms with Crippen molar-refractivity contribution in [2.75, 3.05) is 20.1 Å². The van der Waals surface area contributed by atoms with Crippen molar-refractivity contribution in [2.45, 2.75) is 51.6 Å². The molecule has 0 saturated carbocycles. The highest BCUT2D eigenvalue weighted by Crippen LogP contribution is 2.26. The van der Waals surface area contributed by atoms with E-state index < -0.39 is 0 Å². The monoisotopic (exact) mass is 362 g/mol. The Balaban J connectivity index is 1.55. The van der Waals surface area contributed by atoms with Crippen molar-refractivity contribution >= 4 is 17.2 Å². The van der Waals surface area contributed by atoms with E-state index in [0.29, 0.717) is 24.3 Å². The normalized spacial score (nSPS) is 19.1. The average molecular weight is 362 g/mol. The summed E-state index contributed by atoms with van der Waals surface area (Å²) < 4.78 is 5.27. The molecule has 2 atom stereocenters. The number of likely N-dealkylation sites (tertiary alicyclic amines) is 1. The van der Waals surface area contributed by atoms with Gasteiger partial charge in [-0.3, -0.25) is 9.69 Å². The molecular weight excluding hydrogens is 336 g/mol. The van der Waals surface area contributed by atoms with Gasteiger partial charge in [-0.15, -0.1) is 11.3 Å². The zero-order chi connectivity index (χ0) is 18.0. The van der Waals surface area contributed by atoms with Gasteiger partial charge in [0, 0.05) is 29.9 Å². The van der Waals surface area contributed by atoms with Crippen molar-refractivity contribution in [1.29, 1.82) is 0 Å². The van der Waals surface area contributed by atoms with Gasteiger partial charge < -0.3 is 9.42 Å². The number of amides is 1. The smallest absolute Gasteiger partial charge is 0.230 e. The Hall–Kier alpha value is -1.73. The predicted octanol–water partition coefficient (Wildman–Crippen LogP) is 3.09. The molecule has 3 heterocycles. The molecule has 0 aliphatic carbocycles. The number of thiophene rings is 1. The number of likely N-dealkylation sites (N-methyl/N-ethyl adjacent to an activating group) is 1. The van der Waals surface area contributed by atoms with Crippen LogP contribution in [0.25, 0.3) is 0 Å². The molecule has 2 aromatic heterocycles. The van der Waals surface area contributed by atoms with Crippen molar-refractivity contribution < 1.29 is 9.32 Å².